The van der Waals surface area contributed by atoms with Crippen molar-refractivity contribution in [1.82, 2.24) is 0 Å². The summed E-state index contributed by atoms with van der Waals surface area (Å²) in [6.07, 6.45) is 0. The van der Waals surface area contributed by atoms with E-state index in [2.05, 4.69) is 0 Å². The predicted octanol–water partition coefficient (Wildman–Crippen LogP) is -4.20. The molecule has 0 atom stereocenters. The summed E-state index contributed by atoms with van der Waals surface area (Å²) < 4.78 is 0. The highest BCUT2D eigenvalue weighted by Gasteiger charge is 2.22. The predicted molar refractivity (Wildman–Crippen MR) is 35.4 cm³/mol. The molecule has 8 heteroatoms. The van der Waals surface area contributed by atoms with Crippen molar-refractivity contribution in [1.29, 1.82) is 0 Å². The summed E-state index contributed by atoms with van der Waals surface area (Å²) in [5.74, 6) is 0. The minimum absolute atomic E-state index is 0. The smallest absolute Gasteiger partial charge is 0.412 e. The van der Waals surface area contributed by atoms with E-state index in [0.29, 0.717) is 0 Å². The largest absolute Gasteiger partial charge is 0.668 e. The summed E-state index contributed by atoms with van der Waals surface area (Å²) in [6, 6.07) is 0. The highest BCUT2D eigenvalue weighted by molar-refractivity contribution is 6.46. The molecule has 0 bridgehead atoms. The lowest BCUT2D eigenvalue weighted by Crippen LogP contribution is -2.33. The molecule has 0 fully saturated rings. The zero-order chi connectivity index (χ0) is 4.50. The zero-order valence-electron chi connectivity index (χ0n) is 3.20. The molecule has 0 aromatic heterocycles. The van der Waals surface area contributed by atoms with Crippen LogP contribution in [0.4, 0.5) is 0 Å². The van der Waals surface area contributed by atoms with E-state index in [1.807, 2.05) is 0 Å². The minimum Gasteiger partial charge on any atom is -0.412 e. The molecule has 54 valence electrons. The van der Waals surface area contributed by atoms with Crippen molar-refractivity contribution in [2.75, 3.05) is 0 Å². The van der Waals surface area contributed by atoms with Gasteiger partial charge >= 0.3 is 9.05 Å². The minimum atomic E-state index is -4.61. The molecule has 0 aliphatic rings. The van der Waals surface area contributed by atoms with Crippen LogP contribution in [0.2, 0.25) is 0 Å². The molecule has 0 aromatic carbocycles. The maximum Gasteiger partial charge on any atom is 0.668 e. The molecule has 0 rings (SSSR count). The molecule has 0 aromatic rings. The third kappa shape index (κ3) is 331. The monoisotopic (exact) mass is 180 g/mol. The number of halogens is 1. The van der Waals surface area contributed by atoms with Crippen molar-refractivity contribution in [2.24, 2.45) is 0 Å². The van der Waals surface area contributed by atoms with Gasteiger partial charge in [0.15, 0.2) is 17.4 Å². The molecule has 0 heterocycles. The van der Waals surface area contributed by atoms with Crippen LogP contribution in [0.1, 0.15) is 0 Å². The quantitative estimate of drug-likeness (QED) is 0.283. The van der Waals surface area contributed by atoms with Gasteiger partial charge in [0, 0.05) is 0 Å². The van der Waals surface area contributed by atoms with Crippen LogP contribution in [-0.4, -0.2) is 51.1 Å². The van der Waals surface area contributed by atoms with Gasteiger partial charge in [0.2, 0.25) is 0 Å². The molecular weight excluding hydrogens is 171 g/mol. The fourth-order valence-electron chi connectivity index (χ4n) is 0. The van der Waals surface area contributed by atoms with Gasteiger partial charge in [0.1, 0.15) is 0 Å². The lowest BCUT2D eigenvalue weighted by molar-refractivity contribution is 0.117. The molecule has 0 aliphatic carbocycles. The van der Waals surface area contributed by atoms with Crippen LogP contribution in [0, 0.1) is 0 Å². The molecule has 0 amide bonds. The Labute approximate surface area is 63.9 Å². The summed E-state index contributed by atoms with van der Waals surface area (Å²) in [4.78, 5) is 29.3. The van der Waals surface area contributed by atoms with Crippen LogP contribution in [0.25, 0.3) is 0 Å². The molecule has 0 unspecified atom stereocenters. The zero-order valence-corrected chi connectivity index (χ0v) is 5.01. The Kier molecular flexibility index (Phi) is 22.7. The average molecular weight is 181 g/mol. The Morgan fingerprint density at radius 2 is 0.875 bits per heavy atom. The van der Waals surface area contributed by atoms with Gasteiger partial charge in [0.05, 0.1) is 0 Å². The van der Waals surface area contributed by atoms with Crippen LogP contribution in [-0.2, 0) is 0 Å². The molecule has 5 nitrogen and oxygen atoms in total. The topological polar surface area (TPSA) is 112 Å². The van der Waals surface area contributed by atoms with Crippen LogP contribution in [0.5, 0.6) is 0 Å². The molecule has 6 N–H and O–H groups in total. The van der Waals surface area contributed by atoms with E-state index in [1.165, 1.54) is 0 Å². The van der Waals surface area contributed by atoms with Gasteiger partial charge < -0.3 is 24.7 Å². The Bertz CT molecular complexity index is 27.9. The van der Waals surface area contributed by atoms with Crippen molar-refractivity contribution in [3.8, 4) is 0 Å². The van der Waals surface area contributed by atoms with Gasteiger partial charge in [-0.1, -0.05) is 0 Å². The highest BCUT2D eigenvalue weighted by Crippen LogP contribution is 1.67. The highest BCUT2D eigenvalue weighted by atomic mass is 35.5. The number of hydrogen-bond acceptors (Lipinski definition) is 4. The van der Waals surface area contributed by atoms with Gasteiger partial charge in [-0.2, -0.15) is 0 Å². The van der Waals surface area contributed by atoms with Crippen molar-refractivity contribution in [3.63, 3.8) is 0 Å². The van der Waals surface area contributed by atoms with E-state index in [9.17, 15) is 0 Å². The second-order valence-corrected chi connectivity index (χ2v) is 1.80. The van der Waals surface area contributed by atoms with Crippen molar-refractivity contribution < 1.29 is 24.7 Å². The SMILES string of the molecule is Cl.O.O[Si](O)(O)O.[AlH3]. The normalized spacial score (nSPS) is 7.50. The molecule has 0 saturated heterocycles. The number of rotatable bonds is 0. The average Bonchev–Trinajstić information content (AvgIpc) is 0.722. The molecule has 0 aliphatic heterocycles. The fraction of sp³-hybridized carbons (Fsp3) is 0. The fourth-order valence-corrected chi connectivity index (χ4v) is 0. The first-order valence-corrected chi connectivity index (χ1v) is 2.68. The van der Waals surface area contributed by atoms with Crippen molar-refractivity contribution in [2.45, 2.75) is 0 Å². The van der Waals surface area contributed by atoms with Crippen LogP contribution in [0.3, 0.4) is 0 Å². The summed E-state index contributed by atoms with van der Waals surface area (Å²) in [5, 5.41) is 0. The Hall–Kier alpha value is 0.839. The van der Waals surface area contributed by atoms with Crippen LogP contribution < -0.4 is 0 Å². The van der Waals surface area contributed by atoms with E-state index < -0.39 is 9.05 Å². The molecule has 0 radical (unpaired) electrons. The van der Waals surface area contributed by atoms with Gasteiger partial charge in [-0.25, -0.2) is 0 Å². The van der Waals surface area contributed by atoms with E-state index in [0.717, 1.165) is 0 Å². The summed E-state index contributed by atoms with van der Waals surface area (Å²) in [6.45, 7) is 0. The second-order valence-electron chi connectivity index (χ2n) is 0.600. The lowest BCUT2D eigenvalue weighted by Gasteiger charge is -1.91. The first kappa shape index (κ1) is 23.2. The molecular formula is H10AlClO5Si. The lowest BCUT2D eigenvalue weighted by atomic mass is 15.7. The third-order valence-electron chi connectivity index (χ3n) is 0. The third-order valence-corrected chi connectivity index (χ3v) is 0. The standard InChI is InChI=1S/Al.ClH.H4O4Si.H2O.3H/c;;1-5(2,3)4;;;;/h;1H;1-4H;1H2;;;. The van der Waals surface area contributed by atoms with Gasteiger partial charge in [-0.15, -0.1) is 12.4 Å². The van der Waals surface area contributed by atoms with Gasteiger partial charge in [-0.05, 0) is 0 Å². The Morgan fingerprint density at radius 1 is 0.875 bits per heavy atom. The van der Waals surface area contributed by atoms with E-state index in [4.69, 9.17) is 19.2 Å². The van der Waals surface area contributed by atoms with Gasteiger partial charge in [-0.3, -0.25) is 0 Å². The van der Waals surface area contributed by atoms with Crippen molar-refractivity contribution >= 4 is 38.8 Å². The maximum absolute atomic E-state index is 7.33. The summed E-state index contributed by atoms with van der Waals surface area (Å²) in [7, 11) is -4.61. The Morgan fingerprint density at radius 3 is 0.875 bits per heavy atom. The van der Waals surface area contributed by atoms with E-state index >= 15 is 0 Å². The number of hydrogen-bond donors (Lipinski definition) is 4. The second kappa shape index (κ2) is 7.84. The molecule has 8 heavy (non-hydrogen) atoms. The first-order chi connectivity index (χ1) is 2.00. The van der Waals surface area contributed by atoms with Crippen molar-refractivity contribution in [3.05, 3.63) is 0 Å². The van der Waals surface area contributed by atoms with Crippen LogP contribution in [0.15, 0.2) is 0 Å². The first-order valence-electron chi connectivity index (χ1n) is 0.894. The maximum atomic E-state index is 7.33. The summed E-state index contributed by atoms with van der Waals surface area (Å²) >= 11 is 0. The molecule has 0 spiro atoms. The Balaban J connectivity index is -0.0000000267. The van der Waals surface area contributed by atoms with E-state index in [1.54, 1.807) is 0 Å². The van der Waals surface area contributed by atoms with Crippen LogP contribution >= 0.6 is 12.4 Å². The summed E-state index contributed by atoms with van der Waals surface area (Å²) in [5.41, 5.74) is 0. The van der Waals surface area contributed by atoms with E-state index in [-0.39, 0.29) is 35.2 Å². The molecule has 0 saturated carbocycles. The van der Waals surface area contributed by atoms with Gasteiger partial charge in [0.25, 0.3) is 0 Å².